The summed E-state index contributed by atoms with van der Waals surface area (Å²) in [5.41, 5.74) is -3.20. The Morgan fingerprint density at radius 2 is 1.65 bits per heavy atom. The molecule has 7 heteroatoms. The summed E-state index contributed by atoms with van der Waals surface area (Å²) in [6.45, 7) is 8.34. The molecule has 5 aliphatic rings. The van der Waals surface area contributed by atoms with Crippen molar-refractivity contribution in [2.45, 2.75) is 121 Å². The van der Waals surface area contributed by atoms with Crippen molar-refractivity contribution >= 4 is 0 Å². The van der Waals surface area contributed by atoms with E-state index in [-0.39, 0.29) is 29.8 Å². The van der Waals surface area contributed by atoms with Gasteiger partial charge in [-0.25, -0.2) is 0 Å². The predicted octanol–water partition coefficient (Wildman–Crippen LogP) is 2.21. The van der Waals surface area contributed by atoms with Crippen molar-refractivity contribution in [3.63, 3.8) is 0 Å². The third-order valence-electron chi connectivity index (χ3n) is 11.3. The van der Waals surface area contributed by atoms with Gasteiger partial charge < -0.3 is 35.0 Å². The highest BCUT2D eigenvalue weighted by Crippen LogP contribution is 2.64. The molecule has 0 radical (unpaired) electrons. The molecule has 0 aromatic rings. The van der Waals surface area contributed by atoms with Crippen LogP contribution in [0.4, 0.5) is 0 Å². The molecule has 11 unspecified atom stereocenters. The molecule has 7 nitrogen and oxygen atoms in total. The van der Waals surface area contributed by atoms with Gasteiger partial charge in [-0.15, -0.1) is 0 Å². The Morgan fingerprint density at radius 3 is 2.26 bits per heavy atom. The molecule has 4 aliphatic carbocycles. The molecule has 12 atom stereocenters. The monoisotopic (exact) mass is 482 g/mol. The molecule has 1 heterocycles. The van der Waals surface area contributed by atoms with Crippen LogP contribution in [0.25, 0.3) is 0 Å². The van der Waals surface area contributed by atoms with Crippen molar-refractivity contribution in [1.82, 2.24) is 0 Å². The van der Waals surface area contributed by atoms with Crippen LogP contribution in [0.2, 0.25) is 0 Å². The zero-order chi connectivity index (χ0) is 24.6. The lowest BCUT2D eigenvalue weighted by atomic mass is 9.43. The number of aliphatic hydroxyl groups excluding tert-OH is 4. The highest BCUT2D eigenvalue weighted by molar-refractivity contribution is 5.20. The summed E-state index contributed by atoms with van der Waals surface area (Å²) in [5.74, 6) is -0.747. The van der Waals surface area contributed by atoms with Gasteiger partial charge in [0.25, 0.3) is 0 Å². The first kappa shape index (κ1) is 25.4. The van der Waals surface area contributed by atoms with Crippen LogP contribution in [0.1, 0.15) is 79.1 Å². The van der Waals surface area contributed by atoms with Crippen molar-refractivity contribution in [3.05, 3.63) is 0 Å². The van der Waals surface area contributed by atoms with Gasteiger partial charge >= 0.3 is 0 Å². The molecule has 196 valence electrons. The smallest absolute Gasteiger partial charge is 0.157 e. The molecule has 0 amide bonds. The van der Waals surface area contributed by atoms with Crippen molar-refractivity contribution in [1.29, 1.82) is 0 Å². The number of aliphatic hydroxyl groups is 5. The Balaban J connectivity index is 1.63. The largest absolute Gasteiger partial charge is 0.392 e. The van der Waals surface area contributed by atoms with Crippen LogP contribution in [0.5, 0.6) is 0 Å². The summed E-state index contributed by atoms with van der Waals surface area (Å²) in [6.07, 6.45) is 1.54. The van der Waals surface area contributed by atoms with E-state index in [1.807, 2.05) is 20.8 Å². The normalized spacial score (nSPS) is 54.1. The second-order valence-electron chi connectivity index (χ2n) is 13.1. The average Bonchev–Trinajstić information content (AvgIpc) is 2.79. The Labute approximate surface area is 203 Å². The lowest BCUT2D eigenvalue weighted by molar-refractivity contribution is -0.354. The van der Waals surface area contributed by atoms with Crippen LogP contribution in [0.15, 0.2) is 0 Å². The summed E-state index contributed by atoms with van der Waals surface area (Å²) >= 11 is 0. The van der Waals surface area contributed by atoms with Crippen LogP contribution in [0.3, 0.4) is 0 Å². The standard InChI is InChI=1S/C27H46O7/c1-14-10-11-27(32)23(34-24(31)15-8-6-5-7-9-15)20-16-13-33-17(16)12-18(28)26(20,4)22(30)21(29)19(14)25(27,2)3/h14-24,28-32H,5-13H2,1-4H3/t14?,16?,17?,18?,19?,20?,21?,22?,23-,24?,26?,27?/m1/s1. The zero-order valence-electron chi connectivity index (χ0n) is 21.3. The summed E-state index contributed by atoms with van der Waals surface area (Å²) in [7, 11) is 0. The van der Waals surface area contributed by atoms with E-state index >= 15 is 0 Å². The van der Waals surface area contributed by atoms with Crippen molar-refractivity contribution < 1.29 is 35.0 Å². The zero-order valence-corrected chi connectivity index (χ0v) is 21.3. The fourth-order valence-corrected chi connectivity index (χ4v) is 8.98. The number of fused-ring (bicyclic) bond motifs is 5. The molecule has 4 saturated carbocycles. The maximum absolute atomic E-state index is 12.6. The van der Waals surface area contributed by atoms with Crippen LogP contribution in [0, 0.1) is 40.4 Å². The van der Waals surface area contributed by atoms with Crippen LogP contribution in [-0.4, -0.2) is 74.6 Å². The van der Waals surface area contributed by atoms with E-state index in [0.717, 1.165) is 25.7 Å². The first-order valence-electron chi connectivity index (χ1n) is 13.7. The van der Waals surface area contributed by atoms with E-state index in [9.17, 15) is 25.5 Å². The maximum Gasteiger partial charge on any atom is 0.157 e. The van der Waals surface area contributed by atoms with Crippen LogP contribution in [-0.2, 0) is 9.47 Å². The molecule has 5 rings (SSSR count). The molecule has 0 spiro atoms. The van der Waals surface area contributed by atoms with Crippen molar-refractivity contribution in [3.8, 4) is 0 Å². The SMILES string of the molecule is CC1CCC2(O)[C@H](OC(O)C3CCCCC3)C3C4COC4CC(O)C3(C)C(O)C(O)C1C2(C)C. The lowest BCUT2D eigenvalue weighted by Gasteiger charge is -2.68. The van der Waals surface area contributed by atoms with Gasteiger partial charge in [0.05, 0.1) is 42.7 Å². The third-order valence-corrected chi connectivity index (χ3v) is 11.3. The second kappa shape index (κ2) is 8.64. The maximum atomic E-state index is 12.6. The molecular weight excluding hydrogens is 436 g/mol. The lowest BCUT2D eigenvalue weighted by Crippen LogP contribution is -2.77. The van der Waals surface area contributed by atoms with E-state index in [1.165, 1.54) is 6.42 Å². The van der Waals surface area contributed by atoms with E-state index in [4.69, 9.17) is 9.47 Å². The second-order valence-corrected chi connectivity index (χ2v) is 13.1. The van der Waals surface area contributed by atoms with Crippen molar-refractivity contribution in [2.75, 3.05) is 6.61 Å². The van der Waals surface area contributed by atoms with Gasteiger partial charge in [0.15, 0.2) is 6.29 Å². The quantitative estimate of drug-likeness (QED) is 0.391. The number of hydrogen-bond acceptors (Lipinski definition) is 7. The fraction of sp³-hybridized carbons (Fsp3) is 1.00. The summed E-state index contributed by atoms with van der Waals surface area (Å²) < 4.78 is 12.4. The summed E-state index contributed by atoms with van der Waals surface area (Å²) in [5, 5.41) is 58.6. The molecule has 1 aliphatic heterocycles. The Morgan fingerprint density at radius 1 is 0.971 bits per heavy atom. The van der Waals surface area contributed by atoms with Crippen LogP contribution < -0.4 is 0 Å². The minimum Gasteiger partial charge on any atom is -0.392 e. The van der Waals surface area contributed by atoms with Gasteiger partial charge in [0, 0.05) is 35.0 Å². The molecule has 0 aromatic heterocycles. The topological polar surface area (TPSA) is 120 Å². The summed E-state index contributed by atoms with van der Waals surface area (Å²) in [4.78, 5) is 0. The molecular formula is C27H46O7. The number of hydrogen-bond donors (Lipinski definition) is 5. The molecule has 0 aromatic carbocycles. The van der Waals surface area contributed by atoms with Gasteiger partial charge in [0.2, 0.25) is 0 Å². The van der Waals surface area contributed by atoms with Gasteiger partial charge in [-0.1, -0.05) is 47.0 Å². The Hall–Kier alpha value is -0.280. The average molecular weight is 483 g/mol. The fourth-order valence-electron chi connectivity index (χ4n) is 8.98. The van der Waals surface area contributed by atoms with E-state index < -0.39 is 53.1 Å². The Kier molecular flexibility index (Phi) is 6.45. The highest BCUT2D eigenvalue weighted by atomic mass is 16.6. The minimum absolute atomic E-state index is 0.0190. The summed E-state index contributed by atoms with van der Waals surface area (Å²) in [6, 6.07) is 0. The van der Waals surface area contributed by atoms with E-state index in [1.54, 1.807) is 0 Å². The molecule has 34 heavy (non-hydrogen) atoms. The van der Waals surface area contributed by atoms with E-state index in [2.05, 4.69) is 6.92 Å². The molecule has 5 fully saturated rings. The highest BCUT2D eigenvalue weighted by Gasteiger charge is 2.71. The predicted molar refractivity (Wildman–Crippen MR) is 126 cm³/mol. The molecule has 2 bridgehead atoms. The van der Waals surface area contributed by atoms with Crippen molar-refractivity contribution in [2.24, 2.45) is 40.4 Å². The number of ether oxygens (including phenoxy) is 2. The van der Waals surface area contributed by atoms with Gasteiger partial charge in [-0.3, -0.25) is 0 Å². The third kappa shape index (κ3) is 3.41. The molecule has 5 N–H and O–H groups in total. The Bertz CT molecular complexity index is 753. The number of rotatable bonds is 3. The van der Waals surface area contributed by atoms with Gasteiger partial charge in [-0.2, -0.15) is 0 Å². The van der Waals surface area contributed by atoms with Crippen LogP contribution >= 0.6 is 0 Å². The first-order valence-corrected chi connectivity index (χ1v) is 13.7. The first-order chi connectivity index (χ1) is 15.9. The van der Waals surface area contributed by atoms with Gasteiger partial charge in [0.1, 0.15) is 0 Å². The van der Waals surface area contributed by atoms with Gasteiger partial charge in [-0.05, 0) is 37.5 Å². The minimum atomic E-state index is -1.33. The van der Waals surface area contributed by atoms with E-state index in [0.29, 0.717) is 25.9 Å². The molecule has 1 saturated heterocycles.